The number of carbonyl (C=O) groups is 2. The fourth-order valence-electron chi connectivity index (χ4n) is 2.18. The van der Waals surface area contributed by atoms with E-state index in [9.17, 15) is 9.59 Å². The summed E-state index contributed by atoms with van der Waals surface area (Å²) < 4.78 is 5.17. The number of ether oxygens (including phenoxy) is 1. The van der Waals surface area contributed by atoms with E-state index < -0.39 is 17.6 Å². The summed E-state index contributed by atoms with van der Waals surface area (Å²) in [7, 11) is 0. The van der Waals surface area contributed by atoms with Crippen molar-refractivity contribution in [3.05, 3.63) is 62.4 Å². The summed E-state index contributed by atoms with van der Waals surface area (Å²) in [6.07, 6.45) is -0.564. The van der Waals surface area contributed by atoms with Gasteiger partial charge in [0.2, 0.25) is 0 Å². The van der Waals surface area contributed by atoms with Crippen molar-refractivity contribution >= 4 is 46.8 Å². The molecule has 0 unspecified atom stereocenters. The van der Waals surface area contributed by atoms with Crippen LogP contribution in [0.4, 0.5) is 4.79 Å². The van der Waals surface area contributed by atoms with Gasteiger partial charge in [0.05, 0.1) is 10.0 Å². The zero-order valence-corrected chi connectivity index (χ0v) is 17.9. The third kappa shape index (κ3) is 7.19. The van der Waals surface area contributed by atoms with Gasteiger partial charge >= 0.3 is 6.09 Å². The summed E-state index contributed by atoms with van der Waals surface area (Å²) in [5, 5.41) is 6.34. The van der Waals surface area contributed by atoms with Crippen molar-refractivity contribution in [1.82, 2.24) is 15.6 Å². The normalized spacial score (nSPS) is 11.1. The van der Waals surface area contributed by atoms with Crippen LogP contribution in [0.2, 0.25) is 15.2 Å². The monoisotopic (exact) mass is 443 g/mol. The molecule has 0 fully saturated rings. The van der Waals surface area contributed by atoms with Crippen molar-refractivity contribution in [1.29, 1.82) is 0 Å². The lowest BCUT2D eigenvalue weighted by molar-refractivity contribution is 0.0523. The maximum atomic E-state index is 12.4. The van der Waals surface area contributed by atoms with E-state index in [1.807, 2.05) is 0 Å². The molecule has 0 aliphatic rings. The molecule has 1 heterocycles. The molecule has 150 valence electrons. The Balaban J connectivity index is 2.00. The first kappa shape index (κ1) is 22.3. The molecule has 0 radical (unpaired) electrons. The van der Waals surface area contributed by atoms with Crippen LogP contribution in [0.25, 0.3) is 0 Å². The summed E-state index contributed by atoms with van der Waals surface area (Å²) in [6.45, 7) is 5.70. The van der Waals surface area contributed by atoms with Crippen LogP contribution in [-0.2, 0) is 17.8 Å². The molecular formula is C19H20Cl3N3O3. The number of halogens is 3. The number of amides is 2. The van der Waals surface area contributed by atoms with Crippen LogP contribution in [0.5, 0.6) is 0 Å². The van der Waals surface area contributed by atoms with E-state index in [0.29, 0.717) is 15.6 Å². The first-order valence-electron chi connectivity index (χ1n) is 8.39. The largest absolute Gasteiger partial charge is 0.444 e. The molecule has 6 nitrogen and oxygen atoms in total. The number of carbonyl (C=O) groups excluding carboxylic acids is 2. The van der Waals surface area contributed by atoms with Crippen molar-refractivity contribution in [3.63, 3.8) is 0 Å². The Morgan fingerprint density at radius 2 is 1.64 bits per heavy atom. The van der Waals surface area contributed by atoms with Crippen LogP contribution < -0.4 is 10.6 Å². The second-order valence-electron chi connectivity index (χ2n) is 6.97. The van der Waals surface area contributed by atoms with Gasteiger partial charge in [-0.15, -0.1) is 0 Å². The third-order valence-electron chi connectivity index (χ3n) is 3.36. The fourth-order valence-corrected chi connectivity index (χ4v) is 2.73. The fraction of sp³-hybridized carbons (Fsp3) is 0.316. The zero-order valence-electron chi connectivity index (χ0n) is 15.6. The highest BCUT2D eigenvalue weighted by molar-refractivity contribution is 6.42. The maximum Gasteiger partial charge on any atom is 0.407 e. The number of rotatable bonds is 5. The van der Waals surface area contributed by atoms with Crippen molar-refractivity contribution < 1.29 is 14.3 Å². The van der Waals surface area contributed by atoms with Gasteiger partial charge in [-0.3, -0.25) is 4.79 Å². The highest BCUT2D eigenvalue weighted by Crippen LogP contribution is 2.22. The van der Waals surface area contributed by atoms with Crippen LogP contribution in [0.1, 0.15) is 42.4 Å². The van der Waals surface area contributed by atoms with Gasteiger partial charge in [0, 0.05) is 13.1 Å². The minimum absolute atomic E-state index is 0.133. The van der Waals surface area contributed by atoms with Crippen LogP contribution >= 0.6 is 34.8 Å². The maximum absolute atomic E-state index is 12.4. The van der Waals surface area contributed by atoms with E-state index in [1.165, 1.54) is 0 Å². The molecule has 0 bridgehead atoms. The average Bonchev–Trinajstić information content (AvgIpc) is 2.59. The van der Waals surface area contributed by atoms with Gasteiger partial charge in [0.1, 0.15) is 16.4 Å². The van der Waals surface area contributed by atoms with E-state index in [2.05, 4.69) is 15.6 Å². The summed E-state index contributed by atoms with van der Waals surface area (Å²) in [6, 6.07) is 8.20. The molecule has 2 amide bonds. The van der Waals surface area contributed by atoms with Gasteiger partial charge in [-0.2, -0.15) is 0 Å². The quantitative estimate of drug-likeness (QED) is 0.636. The minimum Gasteiger partial charge on any atom is -0.444 e. The molecule has 1 aromatic carbocycles. The lowest BCUT2D eigenvalue weighted by Gasteiger charge is -2.19. The molecule has 0 atom stereocenters. The Hall–Kier alpha value is -2.02. The van der Waals surface area contributed by atoms with E-state index in [0.717, 1.165) is 5.56 Å². The van der Waals surface area contributed by atoms with Gasteiger partial charge in [0.25, 0.3) is 5.91 Å². The Morgan fingerprint density at radius 1 is 0.964 bits per heavy atom. The van der Waals surface area contributed by atoms with Crippen LogP contribution in [0, 0.1) is 0 Å². The van der Waals surface area contributed by atoms with Crippen LogP contribution in [0.15, 0.2) is 30.3 Å². The van der Waals surface area contributed by atoms with Crippen molar-refractivity contribution in [2.24, 2.45) is 0 Å². The van der Waals surface area contributed by atoms with E-state index in [-0.39, 0.29) is 23.9 Å². The molecule has 0 spiro atoms. The number of alkyl carbamates (subject to hydrolysis) is 1. The molecule has 28 heavy (non-hydrogen) atoms. The predicted molar refractivity (Wildman–Crippen MR) is 110 cm³/mol. The molecule has 0 saturated heterocycles. The van der Waals surface area contributed by atoms with Crippen molar-refractivity contribution in [2.45, 2.75) is 39.5 Å². The van der Waals surface area contributed by atoms with Crippen LogP contribution in [0.3, 0.4) is 0 Å². The first-order chi connectivity index (χ1) is 13.0. The first-order valence-corrected chi connectivity index (χ1v) is 9.52. The topological polar surface area (TPSA) is 80.3 Å². The van der Waals surface area contributed by atoms with Crippen LogP contribution in [-0.4, -0.2) is 22.6 Å². The summed E-state index contributed by atoms with van der Waals surface area (Å²) in [4.78, 5) is 28.2. The summed E-state index contributed by atoms with van der Waals surface area (Å²) in [5.41, 5.74) is 0.936. The van der Waals surface area contributed by atoms with E-state index in [1.54, 1.807) is 51.1 Å². The van der Waals surface area contributed by atoms with Gasteiger partial charge in [-0.25, -0.2) is 9.78 Å². The van der Waals surface area contributed by atoms with Crippen molar-refractivity contribution in [2.75, 3.05) is 0 Å². The Kier molecular flexibility index (Phi) is 7.52. The molecule has 2 N–H and O–H groups in total. The molecular weight excluding hydrogens is 425 g/mol. The molecule has 9 heteroatoms. The molecule has 1 aromatic heterocycles. The average molecular weight is 445 g/mol. The smallest absolute Gasteiger partial charge is 0.407 e. The van der Waals surface area contributed by atoms with E-state index in [4.69, 9.17) is 39.5 Å². The number of hydrogen-bond donors (Lipinski definition) is 2. The molecule has 2 aromatic rings. The lowest BCUT2D eigenvalue weighted by atomic mass is 10.2. The second kappa shape index (κ2) is 9.45. The third-order valence-corrected chi connectivity index (χ3v) is 4.29. The number of nitrogens with zero attached hydrogens (tertiary/aromatic N) is 1. The highest BCUT2D eigenvalue weighted by Gasteiger charge is 2.16. The summed E-state index contributed by atoms with van der Waals surface area (Å²) in [5.74, 6) is -0.410. The summed E-state index contributed by atoms with van der Waals surface area (Å²) >= 11 is 17.9. The van der Waals surface area contributed by atoms with Gasteiger partial charge in [0.15, 0.2) is 0 Å². The number of aromatic nitrogens is 1. The zero-order chi connectivity index (χ0) is 20.9. The molecule has 0 aliphatic carbocycles. The molecule has 0 aliphatic heterocycles. The number of nitrogens with one attached hydrogen (secondary N) is 2. The number of pyridine rings is 1. The van der Waals surface area contributed by atoms with E-state index >= 15 is 0 Å². The Morgan fingerprint density at radius 3 is 2.29 bits per heavy atom. The number of hydrogen-bond acceptors (Lipinski definition) is 4. The molecule has 2 rings (SSSR count). The number of benzene rings is 1. The predicted octanol–water partition coefficient (Wildman–Crippen LogP) is 5.00. The Bertz CT molecular complexity index is 882. The van der Waals surface area contributed by atoms with Crippen molar-refractivity contribution in [3.8, 4) is 0 Å². The van der Waals surface area contributed by atoms with Gasteiger partial charge < -0.3 is 15.4 Å². The second-order valence-corrected chi connectivity index (χ2v) is 8.17. The Labute approximate surface area is 178 Å². The molecule has 0 saturated carbocycles. The lowest BCUT2D eigenvalue weighted by Crippen LogP contribution is -2.32. The standard InChI is InChI=1S/C19H20Cl3N3O3/c1-19(2,3)28-18(27)24-10-12-7-15(25-16(22)8-12)17(26)23-9-11-4-5-13(20)14(21)6-11/h4-8H,9-10H2,1-3H3,(H,23,26)(H,24,27). The van der Waals surface area contributed by atoms with Gasteiger partial charge in [-0.05, 0) is 56.2 Å². The highest BCUT2D eigenvalue weighted by atomic mass is 35.5. The minimum atomic E-state index is -0.602. The SMILES string of the molecule is CC(C)(C)OC(=O)NCc1cc(Cl)nc(C(=O)NCc2ccc(Cl)c(Cl)c2)c1. The van der Waals surface area contributed by atoms with Gasteiger partial charge in [-0.1, -0.05) is 40.9 Å².